The van der Waals surface area contributed by atoms with Crippen molar-refractivity contribution in [1.29, 1.82) is 0 Å². The molecule has 0 heterocycles. The number of hydrogen-bond acceptors (Lipinski definition) is 6. The van der Waals surface area contributed by atoms with Gasteiger partial charge in [0.25, 0.3) is 0 Å². The SMILES string of the molecule is N[C@@H](CS)C(=O)C(=O)[C@@H](N)Cc1ccc(O)cc1. The van der Waals surface area contributed by atoms with E-state index in [2.05, 4.69) is 12.6 Å². The number of thiol groups is 1. The molecule has 0 saturated carbocycles. The van der Waals surface area contributed by atoms with Crippen molar-refractivity contribution < 1.29 is 14.7 Å². The fraction of sp³-hybridized carbons (Fsp3) is 0.333. The van der Waals surface area contributed by atoms with E-state index in [0.29, 0.717) is 0 Å². The summed E-state index contributed by atoms with van der Waals surface area (Å²) in [7, 11) is 0. The van der Waals surface area contributed by atoms with Crippen LogP contribution in [0, 0.1) is 0 Å². The fourth-order valence-corrected chi connectivity index (χ4v) is 1.59. The van der Waals surface area contributed by atoms with E-state index in [1.54, 1.807) is 12.1 Å². The first kappa shape index (κ1) is 14.7. The summed E-state index contributed by atoms with van der Waals surface area (Å²) in [5.74, 6) is -1.15. The molecule has 5 nitrogen and oxygen atoms in total. The van der Waals surface area contributed by atoms with E-state index in [9.17, 15) is 9.59 Å². The molecule has 98 valence electrons. The van der Waals surface area contributed by atoms with Crippen LogP contribution < -0.4 is 11.5 Å². The lowest BCUT2D eigenvalue weighted by Gasteiger charge is -2.12. The van der Waals surface area contributed by atoms with Gasteiger partial charge < -0.3 is 16.6 Å². The second kappa shape index (κ2) is 6.53. The molecule has 0 saturated heterocycles. The van der Waals surface area contributed by atoms with Crippen molar-refractivity contribution in [1.82, 2.24) is 0 Å². The Bertz CT molecular complexity index is 433. The van der Waals surface area contributed by atoms with Crippen molar-refractivity contribution >= 4 is 24.2 Å². The molecule has 5 N–H and O–H groups in total. The number of carbonyl (C=O) groups is 2. The summed E-state index contributed by atoms with van der Waals surface area (Å²) in [5, 5.41) is 9.12. The van der Waals surface area contributed by atoms with Gasteiger partial charge in [-0.2, -0.15) is 12.6 Å². The van der Waals surface area contributed by atoms with Crippen LogP contribution in [0.3, 0.4) is 0 Å². The third kappa shape index (κ3) is 3.83. The number of aromatic hydroxyl groups is 1. The minimum absolute atomic E-state index is 0.108. The van der Waals surface area contributed by atoms with E-state index >= 15 is 0 Å². The molecule has 0 spiro atoms. The highest BCUT2D eigenvalue weighted by molar-refractivity contribution is 7.80. The van der Waals surface area contributed by atoms with Crippen molar-refractivity contribution in [2.75, 3.05) is 5.75 Å². The van der Waals surface area contributed by atoms with Crippen LogP contribution in [0.4, 0.5) is 0 Å². The molecule has 0 aromatic heterocycles. The van der Waals surface area contributed by atoms with Crippen molar-refractivity contribution in [2.24, 2.45) is 11.5 Å². The van der Waals surface area contributed by atoms with Crippen LogP contribution in [0.5, 0.6) is 5.75 Å². The van der Waals surface area contributed by atoms with Gasteiger partial charge in [0.15, 0.2) is 0 Å². The number of rotatable bonds is 6. The van der Waals surface area contributed by atoms with Crippen LogP contribution in [0.25, 0.3) is 0 Å². The largest absolute Gasteiger partial charge is 0.508 e. The molecule has 1 rings (SSSR count). The number of phenolic OH excluding ortho intramolecular Hbond substituents is 1. The number of carbonyl (C=O) groups excluding carboxylic acids is 2. The molecule has 0 unspecified atom stereocenters. The van der Waals surface area contributed by atoms with Crippen LogP contribution in [-0.4, -0.2) is 34.5 Å². The third-order valence-corrected chi connectivity index (χ3v) is 2.90. The monoisotopic (exact) mass is 268 g/mol. The Morgan fingerprint density at radius 1 is 1.11 bits per heavy atom. The van der Waals surface area contributed by atoms with Gasteiger partial charge >= 0.3 is 0 Å². The van der Waals surface area contributed by atoms with Gasteiger partial charge in [0.1, 0.15) is 5.75 Å². The van der Waals surface area contributed by atoms with Crippen LogP contribution in [-0.2, 0) is 16.0 Å². The maximum absolute atomic E-state index is 11.7. The number of benzene rings is 1. The van der Waals surface area contributed by atoms with Gasteiger partial charge in [-0.05, 0) is 24.1 Å². The molecule has 1 aromatic rings. The molecular weight excluding hydrogens is 252 g/mol. The van der Waals surface area contributed by atoms with E-state index in [4.69, 9.17) is 16.6 Å². The molecule has 18 heavy (non-hydrogen) atoms. The number of phenols is 1. The zero-order valence-corrected chi connectivity index (χ0v) is 10.6. The fourth-order valence-electron chi connectivity index (χ4n) is 1.43. The minimum Gasteiger partial charge on any atom is -0.508 e. The molecule has 0 fully saturated rings. The average Bonchev–Trinajstić information content (AvgIpc) is 2.38. The van der Waals surface area contributed by atoms with E-state index in [1.807, 2.05) is 0 Å². The number of nitrogens with two attached hydrogens (primary N) is 2. The Morgan fingerprint density at radius 3 is 2.11 bits per heavy atom. The first-order chi connectivity index (χ1) is 8.45. The standard InChI is InChI=1S/C12H16N2O3S/c13-9(11(16)12(17)10(14)6-18)5-7-1-3-8(15)4-2-7/h1-4,9-10,15,18H,5-6,13-14H2/t9-,10-/m0/s1. The molecule has 0 aliphatic heterocycles. The smallest absolute Gasteiger partial charge is 0.217 e. The van der Waals surface area contributed by atoms with Crippen molar-refractivity contribution in [3.63, 3.8) is 0 Å². The summed E-state index contributed by atoms with van der Waals surface area (Å²) in [6.07, 6.45) is 0.226. The van der Waals surface area contributed by atoms with Crippen LogP contribution in [0.1, 0.15) is 5.56 Å². The Labute approximate surface area is 111 Å². The first-order valence-electron chi connectivity index (χ1n) is 5.43. The van der Waals surface area contributed by atoms with Crippen molar-refractivity contribution in [2.45, 2.75) is 18.5 Å². The summed E-state index contributed by atoms with van der Waals surface area (Å²) in [6, 6.07) is 4.44. The van der Waals surface area contributed by atoms with Gasteiger partial charge in [0.2, 0.25) is 11.6 Å². The van der Waals surface area contributed by atoms with Gasteiger partial charge in [-0.3, -0.25) is 9.59 Å². The Morgan fingerprint density at radius 2 is 1.61 bits per heavy atom. The van der Waals surface area contributed by atoms with Gasteiger partial charge in [0.05, 0.1) is 12.1 Å². The zero-order valence-electron chi connectivity index (χ0n) is 9.74. The lowest BCUT2D eigenvalue weighted by Crippen LogP contribution is -2.46. The normalized spacial score (nSPS) is 13.9. The first-order valence-corrected chi connectivity index (χ1v) is 6.07. The molecule has 6 heteroatoms. The number of ketones is 2. The number of Topliss-reactive ketones (excluding diaryl/α,β-unsaturated/α-hetero) is 2. The van der Waals surface area contributed by atoms with E-state index in [0.717, 1.165) is 5.56 Å². The molecular formula is C12H16N2O3S. The van der Waals surface area contributed by atoms with Gasteiger partial charge in [-0.15, -0.1) is 0 Å². The number of hydrogen-bond donors (Lipinski definition) is 4. The van der Waals surface area contributed by atoms with Crippen LogP contribution in [0.2, 0.25) is 0 Å². The molecule has 0 aliphatic carbocycles. The van der Waals surface area contributed by atoms with Gasteiger partial charge in [-0.1, -0.05) is 12.1 Å². The minimum atomic E-state index is -0.923. The van der Waals surface area contributed by atoms with Crippen molar-refractivity contribution in [3.05, 3.63) is 29.8 Å². The molecule has 0 radical (unpaired) electrons. The molecule has 0 aliphatic rings. The van der Waals surface area contributed by atoms with E-state index in [-0.39, 0.29) is 17.9 Å². The maximum Gasteiger partial charge on any atom is 0.217 e. The second-order valence-corrected chi connectivity index (χ2v) is 4.36. The molecule has 2 atom stereocenters. The van der Waals surface area contributed by atoms with Gasteiger partial charge in [0, 0.05) is 5.75 Å². The summed E-state index contributed by atoms with van der Waals surface area (Å²) in [5.41, 5.74) is 11.9. The Balaban J connectivity index is 2.65. The average molecular weight is 268 g/mol. The lowest BCUT2D eigenvalue weighted by molar-refractivity contribution is -0.137. The second-order valence-electron chi connectivity index (χ2n) is 3.99. The molecule has 1 aromatic carbocycles. The van der Waals surface area contributed by atoms with Crippen molar-refractivity contribution in [3.8, 4) is 5.75 Å². The molecule has 0 amide bonds. The van der Waals surface area contributed by atoms with Crippen LogP contribution in [0.15, 0.2) is 24.3 Å². The lowest BCUT2D eigenvalue weighted by atomic mass is 9.98. The summed E-state index contributed by atoms with van der Waals surface area (Å²) < 4.78 is 0. The summed E-state index contributed by atoms with van der Waals surface area (Å²) in [6.45, 7) is 0. The summed E-state index contributed by atoms with van der Waals surface area (Å²) >= 11 is 3.86. The highest BCUT2D eigenvalue weighted by Gasteiger charge is 2.26. The van der Waals surface area contributed by atoms with E-state index in [1.165, 1.54) is 12.1 Å². The molecule has 0 bridgehead atoms. The van der Waals surface area contributed by atoms with E-state index < -0.39 is 23.7 Å². The topological polar surface area (TPSA) is 106 Å². The van der Waals surface area contributed by atoms with Crippen LogP contribution >= 0.6 is 12.6 Å². The highest BCUT2D eigenvalue weighted by Crippen LogP contribution is 2.11. The Hall–Kier alpha value is -1.37. The zero-order chi connectivity index (χ0) is 13.7. The predicted molar refractivity (Wildman–Crippen MR) is 71.6 cm³/mol. The maximum atomic E-state index is 11.7. The van der Waals surface area contributed by atoms with Gasteiger partial charge in [-0.25, -0.2) is 0 Å². The Kier molecular flexibility index (Phi) is 5.33. The quantitative estimate of drug-likeness (QED) is 0.417. The highest BCUT2D eigenvalue weighted by atomic mass is 32.1. The third-order valence-electron chi connectivity index (χ3n) is 2.51. The summed E-state index contributed by atoms with van der Waals surface area (Å²) in [4.78, 5) is 23.2. The predicted octanol–water partition coefficient (Wildman–Crippen LogP) is -0.343.